The summed E-state index contributed by atoms with van der Waals surface area (Å²) in [7, 11) is 1.26. The van der Waals surface area contributed by atoms with Gasteiger partial charge in [-0.3, -0.25) is 14.4 Å². The van der Waals surface area contributed by atoms with Gasteiger partial charge in [0.15, 0.2) is 11.5 Å². The van der Waals surface area contributed by atoms with Crippen LogP contribution < -0.4 is 0 Å². The molecule has 4 rings (SSSR count). The summed E-state index contributed by atoms with van der Waals surface area (Å²) < 4.78 is 11.2. The second kappa shape index (κ2) is 9.51. The molecule has 1 fully saturated rings. The van der Waals surface area contributed by atoms with E-state index in [9.17, 15) is 14.4 Å². The van der Waals surface area contributed by atoms with E-state index in [-0.39, 0.29) is 11.9 Å². The number of amides is 1. The third-order valence-electron chi connectivity index (χ3n) is 6.42. The van der Waals surface area contributed by atoms with Crippen molar-refractivity contribution in [2.45, 2.75) is 31.5 Å². The molecule has 1 heterocycles. The van der Waals surface area contributed by atoms with Crippen molar-refractivity contribution in [3.8, 4) is 0 Å². The summed E-state index contributed by atoms with van der Waals surface area (Å²) in [6.45, 7) is 3.24. The van der Waals surface area contributed by atoms with Crippen LogP contribution in [0.5, 0.6) is 0 Å². The Morgan fingerprint density at radius 1 is 0.853 bits per heavy atom. The first-order valence-electron chi connectivity index (χ1n) is 11.2. The largest absolute Gasteiger partial charge is 0.468 e. The number of ether oxygens (including phenoxy) is 2. The van der Waals surface area contributed by atoms with Gasteiger partial charge in [0.1, 0.15) is 6.04 Å². The molecule has 0 bridgehead atoms. The van der Waals surface area contributed by atoms with Gasteiger partial charge in [-0.15, -0.1) is 0 Å². The molecule has 0 N–H and O–H groups in total. The topological polar surface area (TPSA) is 72.9 Å². The number of carbonyl (C=O) groups excluding carboxylic acids is 3. The highest BCUT2D eigenvalue weighted by Crippen LogP contribution is 2.50. The van der Waals surface area contributed by atoms with E-state index in [4.69, 9.17) is 9.47 Å². The Balaban J connectivity index is 1.98. The normalized spacial score (nSPS) is 18.6. The van der Waals surface area contributed by atoms with E-state index in [1.807, 2.05) is 97.9 Å². The monoisotopic (exact) mass is 457 g/mol. The number of esters is 2. The molecule has 34 heavy (non-hydrogen) atoms. The van der Waals surface area contributed by atoms with Crippen molar-refractivity contribution in [1.82, 2.24) is 4.90 Å². The third-order valence-corrected chi connectivity index (χ3v) is 6.42. The first-order valence-corrected chi connectivity index (χ1v) is 11.2. The highest BCUT2D eigenvalue weighted by atomic mass is 16.6. The molecule has 0 saturated carbocycles. The lowest BCUT2D eigenvalue weighted by Crippen LogP contribution is -2.72. The molecule has 174 valence electrons. The summed E-state index contributed by atoms with van der Waals surface area (Å²) in [6.07, 6.45) is 0. The molecular formula is C28H27NO5. The van der Waals surface area contributed by atoms with Gasteiger partial charge >= 0.3 is 11.9 Å². The number of likely N-dealkylation sites (tertiary alicyclic amines) is 1. The molecule has 1 unspecified atom stereocenters. The first kappa shape index (κ1) is 23.2. The van der Waals surface area contributed by atoms with Gasteiger partial charge in [0.05, 0.1) is 13.2 Å². The van der Waals surface area contributed by atoms with Gasteiger partial charge in [0, 0.05) is 18.1 Å². The standard InChI is InChI=1S/C28H27NO5/c1-19(21-13-7-4-8-14-21)29-25(24(26(29)31)27(32)33-3)28(34-20(2)30,22-15-9-5-10-16-22)23-17-11-6-12-18-23/h4-19,24-25H,1-3H3/t19?,24-,25+/m0/s1. The van der Waals surface area contributed by atoms with Crippen molar-refractivity contribution < 1.29 is 23.9 Å². The number of carbonyl (C=O) groups is 3. The zero-order valence-electron chi connectivity index (χ0n) is 19.4. The van der Waals surface area contributed by atoms with Gasteiger partial charge in [-0.05, 0) is 12.5 Å². The first-order chi connectivity index (χ1) is 16.4. The molecule has 0 radical (unpaired) electrons. The van der Waals surface area contributed by atoms with Crippen LogP contribution in [-0.4, -0.2) is 35.9 Å². The summed E-state index contributed by atoms with van der Waals surface area (Å²) in [5, 5.41) is 0. The van der Waals surface area contributed by atoms with E-state index < -0.39 is 29.5 Å². The average molecular weight is 458 g/mol. The molecular weight excluding hydrogens is 430 g/mol. The number of hydrogen-bond donors (Lipinski definition) is 0. The Labute approximate surface area is 199 Å². The zero-order valence-corrected chi connectivity index (χ0v) is 19.4. The molecule has 0 aliphatic carbocycles. The lowest BCUT2D eigenvalue weighted by Gasteiger charge is -2.56. The van der Waals surface area contributed by atoms with Crippen molar-refractivity contribution >= 4 is 17.8 Å². The van der Waals surface area contributed by atoms with Crippen LogP contribution in [0.4, 0.5) is 0 Å². The number of hydrogen-bond acceptors (Lipinski definition) is 5. The van der Waals surface area contributed by atoms with E-state index in [0.717, 1.165) is 5.56 Å². The maximum atomic E-state index is 13.5. The van der Waals surface area contributed by atoms with E-state index in [2.05, 4.69) is 0 Å². The van der Waals surface area contributed by atoms with Gasteiger partial charge < -0.3 is 14.4 Å². The Kier molecular flexibility index (Phi) is 6.50. The van der Waals surface area contributed by atoms with Crippen molar-refractivity contribution in [2.75, 3.05) is 7.11 Å². The fourth-order valence-electron chi connectivity index (χ4n) is 4.91. The Bertz CT molecular complexity index is 1120. The second-order valence-corrected chi connectivity index (χ2v) is 8.34. The van der Waals surface area contributed by atoms with E-state index in [0.29, 0.717) is 11.1 Å². The number of rotatable bonds is 7. The summed E-state index contributed by atoms with van der Waals surface area (Å²) in [4.78, 5) is 40.6. The van der Waals surface area contributed by atoms with Crippen LogP contribution in [0.15, 0.2) is 91.0 Å². The molecule has 0 spiro atoms. The smallest absolute Gasteiger partial charge is 0.320 e. The molecule has 6 nitrogen and oxygen atoms in total. The highest BCUT2D eigenvalue weighted by molar-refractivity contribution is 6.04. The van der Waals surface area contributed by atoms with Gasteiger partial charge in [-0.2, -0.15) is 0 Å². The van der Waals surface area contributed by atoms with Crippen LogP contribution in [0.1, 0.15) is 36.6 Å². The number of methoxy groups -OCH3 is 1. The van der Waals surface area contributed by atoms with Gasteiger partial charge in [-0.1, -0.05) is 91.0 Å². The lowest BCUT2D eigenvalue weighted by atomic mass is 9.68. The molecule has 1 amide bonds. The predicted octanol–water partition coefficient (Wildman–Crippen LogP) is 4.25. The summed E-state index contributed by atoms with van der Waals surface area (Å²) >= 11 is 0. The number of benzene rings is 3. The fraction of sp³-hybridized carbons (Fsp3) is 0.250. The minimum atomic E-state index is -1.43. The molecule has 3 aromatic carbocycles. The predicted molar refractivity (Wildman–Crippen MR) is 126 cm³/mol. The highest BCUT2D eigenvalue weighted by Gasteiger charge is 2.65. The van der Waals surface area contributed by atoms with E-state index >= 15 is 0 Å². The SMILES string of the molecule is COC(=O)[C@@H]1C(=O)N(C(C)c2ccccc2)[C@H]1C(OC(C)=O)(c1ccccc1)c1ccccc1. The van der Waals surface area contributed by atoms with E-state index in [1.165, 1.54) is 14.0 Å². The summed E-state index contributed by atoms with van der Waals surface area (Å²) in [5.74, 6) is -2.68. The Morgan fingerprint density at radius 2 is 1.32 bits per heavy atom. The fourth-order valence-corrected chi connectivity index (χ4v) is 4.91. The molecule has 0 aromatic heterocycles. The minimum Gasteiger partial charge on any atom is -0.468 e. The quantitative estimate of drug-likeness (QED) is 0.301. The van der Waals surface area contributed by atoms with Crippen LogP contribution in [0.3, 0.4) is 0 Å². The van der Waals surface area contributed by atoms with Crippen LogP contribution in [0.2, 0.25) is 0 Å². The van der Waals surface area contributed by atoms with Crippen molar-refractivity contribution in [3.63, 3.8) is 0 Å². The van der Waals surface area contributed by atoms with Gasteiger partial charge in [0.2, 0.25) is 5.91 Å². The molecule has 1 aliphatic rings. The molecule has 3 atom stereocenters. The molecule has 6 heteroatoms. The maximum Gasteiger partial charge on any atom is 0.320 e. The Morgan fingerprint density at radius 3 is 1.76 bits per heavy atom. The Hall–Kier alpha value is -3.93. The van der Waals surface area contributed by atoms with Crippen molar-refractivity contribution in [3.05, 3.63) is 108 Å². The average Bonchev–Trinajstić information content (AvgIpc) is 2.87. The van der Waals surface area contributed by atoms with Crippen LogP contribution in [-0.2, 0) is 29.5 Å². The maximum absolute atomic E-state index is 13.5. The lowest BCUT2D eigenvalue weighted by molar-refractivity contribution is -0.200. The van der Waals surface area contributed by atoms with Gasteiger partial charge in [0.25, 0.3) is 0 Å². The van der Waals surface area contributed by atoms with Crippen LogP contribution in [0, 0.1) is 5.92 Å². The van der Waals surface area contributed by atoms with Crippen molar-refractivity contribution in [2.24, 2.45) is 5.92 Å². The van der Waals surface area contributed by atoms with Crippen LogP contribution in [0.25, 0.3) is 0 Å². The molecule has 1 saturated heterocycles. The second-order valence-electron chi connectivity index (χ2n) is 8.34. The van der Waals surface area contributed by atoms with Gasteiger partial charge in [-0.25, -0.2) is 0 Å². The third kappa shape index (κ3) is 3.85. The molecule has 3 aromatic rings. The zero-order chi connectivity index (χ0) is 24.3. The minimum absolute atomic E-state index is 0.364. The number of nitrogens with zero attached hydrogens (tertiary/aromatic N) is 1. The summed E-state index contributed by atoms with van der Waals surface area (Å²) in [5.41, 5.74) is 0.799. The molecule has 1 aliphatic heterocycles. The van der Waals surface area contributed by atoms with Crippen LogP contribution >= 0.6 is 0 Å². The van der Waals surface area contributed by atoms with E-state index in [1.54, 1.807) is 4.90 Å². The van der Waals surface area contributed by atoms with Crippen molar-refractivity contribution in [1.29, 1.82) is 0 Å². The summed E-state index contributed by atoms with van der Waals surface area (Å²) in [6, 6.07) is 26.8. The number of β-lactam (4-membered cyclic amide) rings is 1.